The maximum Gasteiger partial charge on any atom is 0.336 e. The summed E-state index contributed by atoms with van der Waals surface area (Å²) in [4.78, 5) is 21.5. The van der Waals surface area contributed by atoms with Crippen molar-refractivity contribution in [3.8, 4) is 0 Å². The summed E-state index contributed by atoms with van der Waals surface area (Å²) in [6.07, 6.45) is 2.99. The first kappa shape index (κ1) is 10.3. The van der Waals surface area contributed by atoms with Crippen molar-refractivity contribution in [1.29, 1.82) is 0 Å². The molecule has 1 aliphatic heterocycles. The van der Waals surface area contributed by atoms with Crippen LogP contribution in [0.5, 0.6) is 0 Å². The first-order valence-corrected chi connectivity index (χ1v) is 3.93. The molecule has 0 aromatic rings. The van der Waals surface area contributed by atoms with Crippen LogP contribution in [-0.4, -0.2) is 25.3 Å². The average molecular weight is 198 g/mol. The minimum atomic E-state index is -0.747. The zero-order chi connectivity index (χ0) is 10.6. The number of hydrogen-bond donors (Lipinski definition) is 0. The van der Waals surface area contributed by atoms with Crippen LogP contribution in [0.2, 0.25) is 0 Å². The van der Waals surface area contributed by atoms with E-state index >= 15 is 0 Å². The summed E-state index contributed by atoms with van der Waals surface area (Å²) >= 11 is 0. The molecule has 0 fully saturated rings. The smallest absolute Gasteiger partial charge is 0.336 e. The van der Waals surface area contributed by atoms with Gasteiger partial charge in [-0.25, -0.2) is 9.59 Å². The summed E-state index contributed by atoms with van der Waals surface area (Å²) in [5, 5.41) is 0. The maximum absolute atomic E-state index is 10.9. The van der Waals surface area contributed by atoms with Gasteiger partial charge in [0.2, 0.25) is 0 Å². The van der Waals surface area contributed by atoms with Crippen LogP contribution in [0.3, 0.4) is 0 Å². The number of hydrogen-bond acceptors (Lipinski definition) is 5. The fourth-order valence-electron chi connectivity index (χ4n) is 0.812. The zero-order valence-electron chi connectivity index (χ0n) is 7.85. The minimum absolute atomic E-state index is 0.415. The van der Waals surface area contributed by atoms with Gasteiger partial charge in [-0.15, -0.1) is 0 Å². The molecule has 0 aromatic carbocycles. The number of rotatable bonds is 3. The highest BCUT2D eigenvalue weighted by Crippen LogP contribution is 2.13. The van der Waals surface area contributed by atoms with Gasteiger partial charge in [-0.05, 0) is 6.92 Å². The summed E-state index contributed by atoms with van der Waals surface area (Å²) in [6, 6.07) is 0. The predicted molar refractivity (Wildman–Crippen MR) is 45.9 cm³/mol. The Morgan fingerprint density at radius 2 is 2.36 bits per heavy atom. The number of carbonyl (C=O) groups excluding carboxylic acids is 2. The molecular formula is C9H10O5. The number of esters is 2. The second-order valence-corrected chi connectivity index (χ2v) is 2.59. The molecule has 0 saturated carbocycles. The van der Waals surface area contributed by atoms with Gasteiger partial charge < -0.3 is 14.2 Å². The molecule has 5 nitrogen and oxygen atoms in total. The Kier molecular flexibility index (Phi) is 3.28. The molecule has 1 heterocycles. The summed E-state index contributed by atoms with van der Waals surface area (Å²) in [5.41, 5.74) is 0.487. The summed E-state index contributed by atoms with van der Waals surface area (Å²) in [5.74, 6) is -0.948. The van der Waals surface area contributed by atoms with Crippen molar-refractivity contribution in [1.82, 2.24) is 0 Å². The molecule has 0 saturated heterocycles. The first-order chi connectivity index (χ1) is 6.63. The van der Waals surface area contributed by atoms with Gasteiger partial charge in [0.25, 0.3) is 6.29 Å². The summed E-state index contributed by atoms with van der Waals surface area (Å²) < 4.78 is 14.0. The lowest BCUT2D eigenvalue weighted by Gasteiger charge is -2.05. The van der Waals surface area contributed by atoms with Crippen LogP contribution in [0.1, 0.15) is 6.92 Å². The molecule has 1 aliphatic rings. The van der Waals surface area contributed by atoms with Gasteiger partial charge in [-0.3, -0.25) is 0 Å². The second-order valence-electron chi connectivity index (χ2n) is 2.59. The van der Waals surface area contributed by atoms with Crippen LogP contribution in [0.15, 0.2) is 24.0 Å². The molecule has 0 bridgehead atoms. The predicted octanol–water partition coefficient (Wildman–Crippen LogP) is 0.519. The third-order valence-corrected chi connectivity index (χ3v) is 1.55. The minimum Gasteiger partial charge on any atom is -0.466 e. The van der Waals surface area contributed by atoms with Crippen LogP contribution in [0, 0.1) is 0 Å². The molecule has 0 aliphatic carbocycles. The van der Waals surface area contributed by atoms with Gasteiger partial charge in [-0.1, -0.05) is 0 Å². The van der Waals surface area contributed by atoms with E-state index in [2.05, 4.69) is 4.74 Å². The van der Waals surface area contributed by atoms with Crippen molar-refractivity contribution in [2.75, 3.05) is 7.11 Å². The lowest BCUT2D eigenvalue weighted by atomic mass is 10.3. The van der Waals surface area contributed by atoms with Gasteiger partial charge in [-0.2, -0.15) is 0 Å². The fraction of sp³-hybridized carbons (Fsp3) is 0.333. The van der Waals surface area contributed by atoms with Crippen molar-refractivity contribution in [3.05, 3.63) is 24.0 Å². The Morgan fingerprint density at radius 3 is 2.86 bits per heavy atom. The third-order valence-electron chi connectivity index (χ3n) is 1.55. The molecule has 0 amide bonds. The Morgan fingerprint density at radius 1 is 1.64 bits per heavy atom. The van der Waals surface area contributed by atoms with E-state index in [9.17, 15) is 9.59 Å². The third kappa shape index (κ3) is 2.62. The Balaban J connectivity index is 2.38. The standard InChI is InChI=1S/C9H10O5/c1-6-5-8(14-9(6)11)13-4-3-7(10)12-2/h3-5,8H,1-2H3. The molecule has 1 unspecified atom stereocenters. The van der Waals surface area contributed by atoms with Gasteiger partial charge >= 0.3 is 11.9 Å². The van der Waals surface area contributed by atoms with Gasteiger partial charge in [0.05, 0.1) is 19.4 Å². The average Bonchev–Trinajstić information content (AvgIpc) is 2.46. The van der Waals surface area contributed by atoms with Crippen molar-refractivity contribution in [2.45, 2.75) is 13.2 Å². The monoisotopic (exact) mass is 198 g/mol. The number of carbonyl (C=O) groups is 2. The first-order valence-electron chi connectivity index (χ1n) is 3.93. The van der Waals surface area contributed by atoms with Crippen LogP contribution in [-0.2, 0) is 23.8 Å². The lowest BCUT2D eigenvalue weighted by molar-refractivity contribution is -0.152. The van der Waals surface area contributed by atoms with E-state index in [1.165, 1.54) is 13.2 Å². The number of methoxy groups -OCH3 is 1. The summed E-state index contributed by atoms with van der Waals surface area (Å²) in [7, 11) is 1.26. The molecule has 5 heteroatoms. The maximum atomic E-state index is 10.9. The van der Waals surface area contributed by atoms with E-state index in [0.29, 0.717) is 5.57 Å². The van der Waals surface area contributed by atoms with Crippen LogP contribution >= 0.6 is 0 Å². The van der Waals surface area contributed by atoms with E-state index < -0.39 is 18.2 Å². The quantitative estimate of drug-likeness (QED) is 0.376. The molecule has 0 spiro atoms. The van der Waals surface area contributed by atoms with Crippen molar-refractivity contribution < 1.29 is 23.8 Å². The Hall–Kier alpha value is -1.78. The fourth-order valence-corrected chi connectivity index (χ4v) is 0.812. The highest BCUT2D eigenvalue weighted by Gasteiger charge is 2.22. The Bertz CT molecular complexity index is 302. The molecular weight excluding hydrogens is 188 g/mol. The molecule has 76 valence electrons. The Labute approximate surface area is 80.9 Å². The van der Waals surface area contributed by atoms with E-state index in [-0.39, 0.29) is 0 Å². The van der Waals surface area contributed by atoms with E-state index in [1.54, 1.807) is 6.92 Å². The molecule has 1 atom stereocenters. The van der Waals surface area contributed by atoms with Crippen molar-refractivity contribution in [2.24, 2.45) is 0 Å². The topological polar surface area (TPSA) is 61.8 Å². The summed E-state index contributed by atoms with van der Waals surface area (Å²) in [6.45, 7) is 1.62. The van der Waals surface area contributed by atoms with Gasteiger partial charge in [0.15, 0.2) is 0 Å². The largest absolute Gasteiger partial charge is 0.466 e. The SMILES string of the molecule is COC(=O)C=COC1C=C(C)C(=O)O1. The molecule has 0 aromatic heterocycles. The van der Waals surface area contributed by atoms with E-state index in [1.807, 2.05) is 0 Å². The molecule has 1 rings (SSSR count). The van der Waals surface area contributed by atoms with Crippen molar-refractivity contribution >= 4 is 11.9 Å². The van der Waals surface area contributed by atoms with Crippen LogP contribution < -0.4 is 0 Å². The van der Waals surface area contributed by atoms with Crippen LogP contribution in [0.4, 0.5) is 0 Å². The van der Waals surface area contributed by atoms with E-state index in [0.717, 1.165) is 12.3 Å². The number of cyclic esters (lactones) is 1. The van der Waals surface area contributed by atoms with Gasteiger partial charge in [0.1, 0.15) is 0 Å². The highest BCUT2D eigenvalue weighted by atomic mass is 16.7. The molecule has 0 radical (unpaired) electrons. The van der Waals surface area contributed by atoms with Gasteiger partial charge in [0, 0.05) is 11.6 Å². The number of ether oxygens (including phenoxy) is 3. The highest BCUT2D eigenvalue weighted by molar-refractivity contribution is 5.90. The molecule has 14 heavy (non-hydrogen) atoms. The normalized spacial score (nSPS) is 20.6. The van der Waals surface area contributed by atoms with E-state index in [4.69, 9.17) is 9.47 Å². The van der Waals surface area contributed by atoms with Crippen molar-refractivity contribution in [3.63, 3.8) is 0 Å². The molecule has 0 N–H and O–H groups in total. The van der Waals surface area contributed by atoms with Crippen LogP contribution in [0.25, 0.3) is 0 Å². The lowest BCUT2D eigenvalue weighted by Crippen LogP contribution is -2.09. The zero-order valence-corrected chi connectivity index (χ0v) is 7.85. The second kappa shape index (κ2) is 4.45.